The third-order valence-electron chi connectivity index (χ3n) is 4.47. The molecule has 2 aromatic carbocycles. The SMILES string of the molecule is COCCS(=O)(=O)c1ccc(C(=O)N2CCCc3cc(Cl)cc(F)c32)cc1. The summed E-state index contributed by atoms with van der Waals surface area (Å²) in [6.07, 6.45) is 1.34. The molecule has 27 heavy (non-hydrogen) atoms. The molecular formula is C19H19ClFNO4S. The van der Waals surface area contributed by atoms with Gasteiger partial charge < -0.3 is 9.64 Å². The van der Waals surface area contributed by atoms with E-state index in [-0.39, 0.29) is 28.8 Å². The number of fused-ring (bicyclic) bond motifs is 1. The Labute approximate surface area is 162 Å². The molecule has 0 radical (unpaired) electrons. The summed E-state index contributed by atoms with van der Waals surface area (Å²) in [4.78, 5) is 14.4. The monoisotopic (exact) mass is 411 g/mol. The van der Waals surface area contributed by atoms with Crippen LogP contribution in [0.15, 0.2) is 41.3 Å². The van der Waals surface area contributed by atoms with E-state index in [0.717, 1.165) is 0 Å². The predicted molar refractivity (Wildman–Crippen MR) is 102 cm³/mol. The molecule has 144 valence electrons. The average molecular weight is 412 g/mol. The van der Waals surface area contributed by atoms with Crippen LogP contribution < -0.4 is 4.90 Å². The maximum absolute atomic E-state index is 14.4. The summed E-state index contributed by atoms with van der Waals surface area (Å²) in [5.41, 5.74) is 1.23. The fourth-order valence-corrected chi connectivity index (χ4v) is 4.53. The van der Waals surface area contributed by atoms with Crippen molar-refractivity contribution in [2.75, 3.05) is 30.9 Å². The van der Waals surface area contributed by atoms with Gasteiger partial charge in [0.15, 0.2) is 9.84 Å². The number of ether oxygens (including phenoxy) is 1. The normalized spacial score (nSPS) is 14.1. The van der Waals surface area contributed by atoms with Gasteiger partial charge in [0, 0.05) is 24.2 Å². The van der Waals surface area contributed by atoms with Gasteiger partial charge in [-0.2, -0.15) is 0 Å². The smallest absolute Gasteiger partial charge is 0.258 e. The fourth-order valence-electron chi connectivity index (χ4n) is 3.13. The minimum Gasteiger partial charge on any atom is -0.384 e. The van der Waals surface area contributed by atoms with E-state index in [4.69, 9.17) is 16.3 Å². The van der Waals surface area contributed by atoms with Crippen molar-refractivity contribution in [2.45, 2.75) is 17.7 Å². The third-order valence-corrected chi connectivity index (χ3v) is 6.38. The maximum Gasteiger partial charge on any atom is 0.258 e. The molecular weight excluding hydrogens is 393 g/mol. The molecule has 2 aromatic rings. The second-order valence-corrected chi connectivity index (χ2v) is 8.84. The molecule has 0 aromatic heterocycles. The van der Waals surface area contributed by atoms with E-state index in [1.54, 1.807) is 6.07 Å². The van der Waals surface area contributed by atoms with Crippen LogP contribution in [0.2, 0.25) is 5.02 Å². The van der Waals surface area contributed by atoms with Gasteiger partial charge in [0.1, 0.15) is 5.82 Å². The van der Waals surface area contributed by atoms with Crippen LogP contribution in [0, 0.1) is 5.82 Å². The predicted octanol–water partition coefficient (Wildman–Crippen LogP) is 3.49. The van der Waals surface area contributed by atoms with Gasteiger partial charge in [0.25, 0.3) is 5.91 Å². The highest BCUT2D eigenvalue weighted by Gasteiger charge is 2.27. The summed E-state index contributed by atoms with van der Waals surface area (Å²) >= 11 is 5.91. The number of methoxy groups -OCH3 is 1. The number of anilines is 1. The molecule has 8 heteroatoms. The zero-order valence-electron chi connectivity index (χ0n) is 14.7. The van der Waals surface area contributed by atoms with Crippen LogP contribution in [0.4, 0.5) is 10.1 Å². The molecule has 1 aliphatic rings. The third kappa shape index (κ3) is 4.15. The first-order valence-corrected chi connectivity index (χ1v) is 10.5. The number of hydrogen-bond donors (Lipinski definition) is 0. The Kier molecular flexibility index (Phi) is 5.83. The van der Waals surface area contributed by atoms with Gasteiger partial charge in [-0.25, -0.2) is 12.8 Å². The second kappa shape index (κ2) is 7.96. The first-order chi connectivity index (χ1) is 12.8. The first kappa shape index (κ1) is 19.8. The Morgan fingerprint density at radius 3 is 2.63 bits per heavy atom. The van der Waals surface area contributed by atoms with E-state index in [1.165, 1.54) is 42.3 Å². The Bertz CT molecular complexity index is 960. The molecule has 0 fully saturated rings. The molecule has 3 rings (SSSR count). The molecule has 0 bridgehead atoms. The fraction of sp³-hybridized carbons (Fsp3) is 0.316. The van der Waals surface area contributed by atoms with Crippen LogP contribution >= 0.6 is 11.6 Å². The lowest BCUT2D eigenvalue weighted by molar-refractivity contribution is 0.0984. The highest BCUT2D eigenvalue weighted by Crippen LogP contribution is 2.33. The van der Waals surface area contributed by atoms with Gasteiger partial charge in [0.2, 0.25) is 0 Å². The van der Waals surface area contributed by atoms with Crippen LogP contribution in [0.3, 0.4) is 0 Å². The van der Waals surface area contributed by atoms with Gasteiger partial charge in [-0.05, 0) is 54.8 Å². The molecule has 0 atom stereocenters. The minimum atomic E-state index is -3.47. The Morgan fingerprint density at radius 2 is 1.96 bits per heavy atom. The number of rotatable bonds is 5. The van der Waals surface area contributed by atoms with E-state index in [0.29, 0.717) is 35.5 Å². The van der Waals surface area contributed by atoms with Gasteiger partial charge in [-0.1, -0.05) is 11.6 Å². The Morgan fingerprint density at radius 1 is 1.26 bits per heavy atom. The molecule has 1 heterocycles. The number of hydrogen-bond acceptors (Lipinski definition) is 4. The topological polar surface area (TPSA) is 63.7 Å². The molecule has 1 aliphatic heterocycles. The molecule has 0 saturated heterocycles. The van der Waals surface area contributed by atoms with Crippen molar-refractivity contribution < 1.29 is 22.3 Å². The van der Waals surface area contributed by atoms with Crippen LogP contribution in [-0.4, -0.2) is 40.3 Å². The average Bonchev–Trinajstić information content (AvgIpc) is 2.65. The summed E-state index contributed by atoms with van der Waals surface area (Å²) in [6.45, 7) is 0.480. The number of carbonyl (C=O) groups is 1. The van der Waals surface area contributed by atoms with E-state index in [9.17, 15) is 17.6 Å². The van der Waals surface area contributed by atoms with Crippen molar-refractivity contribution in [2.24, 2.45) is 0 Å². The van der Waals surface area contributed by atoms with Gasteiger partial charge >= 0.3 is 0 Å². The summed E-state index contributed by atoms with van der Waals surface area (Å²) < 4.78 is 43.6. The minimum absolute atomic E-state index is 0.0927. The van der Waals surface area contributed by atoms with Crippen molar-refractivity contribution in [1.82, 2.24) is 0 Å². The van der Waals surface area contributed by atoms with Gasteiger partial charge in [-0.3, -0.25) is 4.79 Å². The summed E-state index contributed by atoms with van der Waals surface area (Å²) in [6, 6.07) is 8.54. The molecule has 0 saturated carbocycles. The number of sulfone groups is 1. The zero-order valence-corrected chi connectivity index (χ0v) is 16.3. The number of amides is 1. The Hall–Kier alpha value is -1.96. The van der Waals surface area contributed by atoms with E-state index >= 15 is 0 Å². The van der Waals surface area contributed by atoms with E-state index in [2.05, 4.69) is 0 Å². The largest absolute Gasteiger partial charge is 0.384 e. The summed E-state index contributed by atoms with van der Waals surface area (Å²) in [5.74, 6) is -1.05. The van der Waals surface area contributed by atoms with Crippen molar-refractivity contribution in [1.29, 1.82) is 0 Å². The van der Waals surface area contributed by atoms with E-state index in [1.807, 2.05) is 0 Å². The lowest BCUT2D eigenvalue weighted by Crippen LogP contribution is -2.36. The van der Waals surface area contributed by atoms with Crippen molar-refractivity contribution in [3.05, 3.63) is 58.4 Å². The van der Waals surface area contributed by atoms with Crippen molar-refractivity contribution in [3.63, 3.8) is 0 Å². The number of benzene rings is 2. The number of carbonyl (C=O) groups excluding carboxylic acids is 1. The number of aryl methyl sites for hydroxylation is 1. The van der Waals surface area contributed by atoms with Crippen LogP contribution in [0.5, 0.6) is 0 Å². The molecule has 0 spiro atoms. The van der Waals surface area contributed by atoms with Crippen LogP contribution in [-0.2, 0) is 21.0 Å². The van der Waals surface area contributed by atoms with Gasteiger partial charge in [0.05, 0.1) is 22.9 Å². The lowest BCUT2D eigenvalue weighted by Gasteiger charge is -2.30. The second-order valence-electron chi connectivity index (χ2n) is 6.29. The quantitative estimate of drug-likeness (QED) is 0.755. The first-order valence-electron chi connectivity index (χ1n) is 8.45. The number of nitrogens with zero attached hydrogens (tertiary/aromatic N) is 1. The zero-order chi connectivity index (χ0) is 19.6. The lowest BCUT2D eigenvalue weighted by atomic mass is 10.0. The van der Waals surface area contributed by atoms with E-state index < -0.39 is 15.7 Å². The maximum atomic E-state index is 14.4. The van der Waals surface area contributed by atoms with Crippen LogP contribution in [0.25, 0.3) is 0 Å². The van der Waals surface area contributed by atoms with Crippen molar-refractivity contribution in [3.8, 4) is 0 Å². The standard InChI is InChI=1S/C19H19ClFNO4S/c1-26-9-10-27(24,25)16-6-4-13(5-7-16)19(23)22-8-2-3-14-11-15(20)12-17(21)18(14)22/h4-7,11-12H,2-3,8-10H2,1H3. The molecule has 1 amide bonds. The molecule has 5 nitrogen and oxygen atoms in total. The highest BCUT2D eigenvalue weighted by atomic mass is 35.5. The Balaban J connectivity index is 1.88. The van der Waals surface area contributed by atoms with Crippen molar-refractivity contribution >= 4 is 33.0 Å². The van der Waals surface area contributed by atoms with Crippen LogP contribution in [0.1, 0.15) is 22.3 Å². The molecule has 0 N–H and O–H groups in total. The number of halogens is 2. The summed E-state index contributed by atoms with van der Waals surface area (Å²) in [7, 11) is -2.04. The highest BCUT2D eigenvalue weighted by molar-refractivity contribution is 7.91. The van der Waals surface area contributed by atoms with Gasteiger partial charge in [-0.15, -0.1) is 0 Å². The molecule has 0 aliphatic carbocycles. The molecule has 0 unspecified atom stereocenters. The summed E-state index contributed by atoms with van der Waals surface area (Å²) in [5, 5.41) is 0.297.